The Morgan fingerprint density at radius 3 is 2.68 bits per heavy atom. The molecule has 0 spiro atoms. The topological polar surface area (TPSA) is 68.7 Å². The Balaban J connectivity index is 2.83. The molecule has 1 unspecified atom stereocenters. The van der Waals surface area contributed by atoms with Crippen LogP contribution in [0.5, 0.6) is 0 Å². The molecule has 122 valence electrons. The number of carbonyl (C=O) groups excluding carboxylic acids is 2. The first kappa shape index (κ1) is 18.6. The van der Waals surface area contributed by atoms with Gasteiger partial charge in [0.25, 0.3) is 5.91 Å². The van der Waals surface area contributed by atoms with Crippen molar-refractivity contribution >= 4 is 27.8 Å². The Bertz CT molecular complexity index is 510. The lowest BCUT2D eigenvalue weighted by atomic mass is 10.1. The summed E-state index contributed by atoms with van der Waals surface area (Å²) < 4.78 is 10.5. The fraction of sp³-hybridized carbons (Fsp3) is 0.533. The van der Waals surface area contributed by atoms with Gasteiger partial charge in [0.15, 0.2) is 0 Å². The molecule has 1 aromatic heterocycles. The zero-order chi connectivity index (χ0) is 16.5. The molecule has 0 aliphatic carbocycles. The van der Waals surface area contributed by atoms with Gasteiger partial charge in [-0.3, -0.25) is 14.6 Å². The molecule has 0 radical (unpaired) electrons. The van der Waals surface area contributed by atoms with E-state index in [4.69, 9.17) is 9.47 Å². The highest BCUT2D eigenvalue weighted by atomic mass is 79.9. The third-order valence-electron chi connectivity index (χ3n) is 3.11. The van der Waals surface area contributed by atoms with E-state index in [1.54, 1.807) is 31.2 Å². The van der Waals surface area contributed by atoms with Crippen LogP contribution in [0.25, 0.3) is 0 Å². The van der Waals surface area contributed by atoms with Crippen LogP contribution in [0.4, 0.5) is 0 Å². The number of hydrogen-bond donors (Lipinski definition) is 0. The van der Waals surface area contributed by atoms with Crippen molar-refractivity contribution in [2.24, 2.45) is 5.92 Å². The van der Waals surface area contributed by atoms with Gasteiger partial charge < -0.3 is 14.4 Å². The van der Waals surface area contributed by atoms with Crippen LogP contribution < -0.4 is 0 Å². The summed E-state index contributed by atoms with van der Waals surface area (Å²) in [6.45, 7) is 3.08. The minimum atomic E-state index is -0.392. The maximum Gasteiger partial charge on any atom is 0.310 e. The molecule has 1 heterocycles. The normalized spacial score (nSPS) is 11.8. The molecular weight excluding hydrogens is 352 g/mol. The lowest BCUT2D eigenvalue weighted by Gasteiger charge is -2.25. The zero-order valence-corrected chi connectivity index (χ0v) is 14.6. The van der Waals surface area contributed by atoms with Crippen LogP contribution in [0.1, 0.15) is 23.7 Å². The molecule has 0 N–H and O–H groups in total. The Morgan fingerprint density at radius 2 is 2.09 bits per heavy atom. The summed E-state index contributed by atoms with van der Waals surface area (Å²) in [5.41, 5.74) is 0.476. The van der Waals surface area contributed by atoms with Crippen molar-refractivity contribution < 1.29 is 19.1 Å². The molecule has 6 nitrogen and oxygen atoms in total. The number of aromatic nitrogens is 1. The van der Waals surface area contributed by atoms with E-state index in [2.05, 4.69) is 20.9 Å². The van der Waals surface area contributed by atoms with Crippen molar-refractivity contribution in [3.63, 3.8) is 0 Å². The summed E-state index contributed by atoms with van der Waals surface area (Å²) in [6, 6.07) is 1.71. The molecule has 0 aliphatic heterocycles. The Kier molecular flexibility index (Phi) is 8.05. The van der Waals surface area contributed by atoms with Gasteiger partial charge in [0, 0.05) is 43.7 Å². The van der Waals surface area contributed by atoms with Crippen LogP contribution in [0, 0.1) is 5.92 Å². The monoisotopic (exact) mass is 372 g/mol. The molecule has 7 heteroatoms. The number of methoxy groups -OCH3 is 2. The number of halogens is 1. The molecule has 1 rings (SSSR count). The van der Waals surface area contributed by atoms with E-state index < -0.39 is 5.92 Å². The van der Waals surface area contributed by atoms with Gasteiger partial charge in [-0.1, -0.05) is 6.92 Å². The molecule has 1 amide bonds. The second kappa shape index (κ2) is 9.53. The smallest absolute Gasteiger partial charge is 0.310 e. The molecular formula is C15H21BrN2O4. The first-order valence-corrected chi connectivity index (χ1v) is 7.75. The third-order valence-corrected chi connectivity index (χ3v) is 3.55. The summed E-state index contributed by atoms with van der Waals surface area (Å²) in [7, 11) is 2.95. The van der Waals surface area contributed by atoms with Crippen molar-refractivity contribution in [2.75, 3.05) is 33.9 Å². The van der Waals surface area contributed by atoms with Gasteiger partial charge in [-0.25, -0.2) is 0 Å². The van der Waals surface area contributed by atoms with Crippen molar-refractivity contribution in [3.05, 3.63) is 28.5 Å². The standard InChI is InChI=1S/C15H21BrN2O4/c1-11(15(20)22-3)10-18(5-4-6-21-2)14(19)12-7-13(16)9-17-8-12/h7-9,11H,4-6,10H2,1-3H3. The van der Waals surface area contributed by atoms with Gasteiger partial charge >= 0.3 is 5.97 Å². The average molecular weight is 373 g/mol. The predicted octanol–water partition coefficient (Wildman–Crippen LogP) is 2.13. The number of nitrogens with zero attached hydrogens (tertiary/aromatic N) is 2. The maximum absolute atomic E-state index is 12.6. The highest BCUT2D eigenvalue weighted by Crippen LogP contribution is 2.13. The minimum absolute atomic E-state index is 0.166. The van der Waals surface area contributed by atoms with Gasteiger partial charge in [0.1, 0.15) is 0 Å². The van der Waals surface area contributed by atoms with Crippen molar-refractivity contribution in [1.82, 2.24) is 9.88 Å². The highest BCUT2D eigenvalue weighted by molar-refractivity contribution is 9.10. The number of carbonyl (C=O) groups is 2. The Morgan fingerprint density at radius 1 is 1.36 bits per heavy atom. The molecule has 0 saturated heterocycles. The van der Waals surface area contributed by atoms with Crippen LogP contribution in [-0.4, -0.2) is 55.7 Å². The highest BCUT2D eigenvalue weighted by Gasteiger charge is 2.22. The van der Waals surface area contributed by atoms with Crippen LogP contribution in [-0.2, 0) is 14.3 Å². The fourth-order valence-corrected chi connectivity index (χ4v) is 2.36. The predicted molar refractivity (Wildman–Crippen MR) is 85.5 cm³/mol. The zero-order valence-electron chi connectivity index (χ0n) is 13.0. The molecule has 0 saturated carbocycles. The van der Waals surface area contributed by atoms with Gasteiger partial charge in [0.2, 0.25) is 0 Å². The quantitative estimate of drug-likeness (QED) is 0.516. The van der Waals surface area contributed by atoms with Crippen LogP contribution in [0.3, 0.4) is 0 Å². The van der Waals surface area contributed by atoms with Gasteiger partial charge in [0.05, 0.1) is 18.6 Å². The second-order valence-corrected chi connectivity index (χ2v) is 5.83. The molecule has 1 aromatic rings. The van der Waals surface area contributed by atoms with Crippen molar-refractivity contribution in [1.29, 1.82) is 0 Å². The van der Waals surface area contributed by atoms with Crippen LogP contribution in [0.15, 0.2) is 22.9 Å². The average Bonchev–Trinajstić information content (AvgIpc) is 2.52. The van der Waals surface area contributed by atoms with Gasteiger partial charge in [-0.2, -0.15) is 0 Å². The van der Waals surface area contributed by atoms with Gasteiger partial charge in [-0.15, -0.1) is 0 Å². The molecule has 0 fully saturated rings. The van der Waals surface area contributed by atoms with E-state index in [9.17, 15) is 9.59 Å². The SMILES string of the molecule is COCCCN(CC(C)C(=O)OC)C(=O)c1cncc(Br)c1. The second-order valence-electron chi connectivity index (χ2n) is 4.91. The summed E-state index contributed by atoms with van der Waals surface area (Å²) in [5.74, 6) is -0.894. The van der Waals surface area contributed by atoms with Crippen molar-refractivity contribution in [2.45, 2.75) is 13.3 Å². The molecule has 22 heavy (non-hydrogen) atoms. The third kappa shape index (κ3) is 5.73. The first-order valence-electron chi connectivity index (χ1n) is 6.96. The van der Waals surface area contributed by atoms with Crippen LogP contribution in [0.2, 0.25) is 0 Å². The number of ether oxygens (including phenoxy) is 2. The summed E-state index contributed by atoms with van der Waals surface area (Å²) >= 11 is 3.30. The first-order chi connectivity index (χ1) is 10.5. The number of esters is 1. The summed E-state index contributed by atoms with van der Waals surface area (Å²) in [4.78, 5) is 29.8. The largest absolute Gasteiger partial charge is 0.469 e. The van der Waals surface area contributed by atoms with E-state index >= 15 is 0 Å². The minimum Gasteiger partial charge on any atom is -0.469 e. The number of rotatable bonds is 8. The lowest BCUT2D eigenvalue weighted by Crippen LogP contribution is -2.38. The van der Waals surface area contributed by atoms with E-state index in [-0.39, 0.29) is 11.9 Å². The van der Waals surface area contributed by atoms with Crippen molar-refractivity contribution in [3.8, 4) is 0 Å². The number of pyridine rings is 1. The molecule has 0 aliphatic rings. The van der Waals surface area contributed by atoms with Gasteiger partial charge in [-0.05, 0) is 28.4 Å². The lowest BCUT2D eigenvalue weighted by molar-refractivity contribution is -0.145. The summed E-state index contributed by atoms with van der Waals surface area (Å²) in [5, 5.41) is 0. The molecule has 1 atom stereocenters. The van der Waals surface area contributed by atoms with E-state index in [1.165, 1.54) is 13.3 Å². The molecule has 0 bridgehead atoms. The fourth-order valence-electron chi connectivity index (χ4n) is 1.99. The Labute approximate surface area is 138 Å². The number of amides is 1. The van der Waals surface area contributed by atoms with E-state index in [1.807, 2.05) is 0 Å². The van der Waals surface area contributed by atoms with Crippen LogP contribution >= 0.6 is 15.9 Å². The van der Waals surface area contributed by atoms with E-state index in [0.717, 1.165) is 4.47 Å². The number of hydrogen-bond acceptors (Lipinski definition) is 5. The molecule has 0 aromatic carbocycles. The Hall–Kier alpha value is -1.47. The maximum atomic E-state index is 12.6. The van der Waals surface area contributed by atoms with E-state index in [0.29, 0.717) is 31.7 Å². The summed E-state index contributed by atoms with van der Waals surface area (Å²) in [6.07, 6.45) is 3.82.